The molecule has 0 bridgehead atoms. The quantitative estimate of drug-likeness (QED) is 0.385. The van der Waals surface area contributed by atoms with Crippen LogP contribution in [0.15, 0.2) is 42.9 Å². The molecule has 0 amide bonds. The smallest absolute Gasteiger partial charge is 0.162 e. The summed E-state index contributed by atoms with van der Waals surface area (Å²) in [6, 6.07) is 8.71. The van der Waals surface area contributed by atoms with Gasteiger partial charge in [0.05, 0.1) is 6.20 Å². The number of aromatic nitrogens is 3. The number of hydrogen-bond donors (Lipinski definition) is 0. The molecule has 1 aromatic carbocycles. The Morgan fingerprint density at radius 3 is 1.97 bits per heavy atom. The molecule has 2 aliphatic rings. The van der Waals surface area contributed by atoms with Gasteiger partial charge < -0.3 is 9.80 Å². The Labute approximate surface area is 212 Å². The molecule has 4 heterocycles. The van der Waals surface area contributed by atoms with Crippen LogP contribution in [0.5, 0.6) is 0 Å². The van der Waals surface area contributed by atoms with Crippen molar-refractivity contribution in [1.29, 1.82) is 0 Å². The lowest BCUT2D eigenvalue weighted by atomic mass is 9.84. The van der Waals surface area contributed by atoms with Gasteiger partial charge in [-0.15, -0.1) is 0 Å². The van der Waals surface area contributed by atoms with Crippen molar-refractivity contribution in [3.63, 3.8) is 0 Å². The fourth-order valence-corrected chi connectivity index (χ4v) is 5.40. The number of anilines is 3. The van der Waals surface area contributed by atoms with E-state index in [4.69, 9.17) is 9.97 Å². The molecule has 0 spiro atoms. The molecule has 0 radical (unpaired) electrons. The van der Waals surface area contributed by atoms with E-state index in [1.807, 2.05) is 46.3 Å². The van der Waals surface area contributed by atoms with E-state index in [1.54, 1.807) is 0 Å². The van der Waals surface area contributed by atoms with Crippen molar-refractivity contribution >= 4 is 17.2 Å². The summed E-state index contributed by atoms with van der Waals surface area (Å²) in [5.41, 5.74) is 7.25. The highest BCUT2D eigenvalue weighted by Crippen LogP contribution is 2.55. The molecule has 35 heavy (non-hydrogen) atoms. The Hall–Kier alpha value is -2.95. The first-order chi connectivity index (χ1) is 16.7. The van der Waals surface area contributed by atoms with Crippen molar-refractivity contribution in [1.82, 2.24) is 15.0 Å². The maximum Gasteiger partial charge on any atom is 0.162 e. The normalized spacial score (nSPS) is 16.8. The number of pyridine rings is 1. The maximum absolute atomic E-state index is 5.16. The largest absolute Gasteiger partial charge is 0.336 e. The summed E-state index contributed by atoms with van der Waals surface area (Å²) < 4.78 is 0. The van der Waals surface area contributed by atoms with Crippen LogP contribution in [-0.2, 0) is 5.41 Å². The van der Waals surface area contributed by atoms with E-state index in [1.165, 1.54) is 22.4 Å². The van der Waals surface area contributed by atoms with Gasteiger partial charge in [0.15, 0.2) is 11.6 Å². The topological polar surface area (TPSA) is 45.2 Å². The number of nitrogens with zero attached hydrogens (tertiary/aromatic N) is 5. The van der Waals surface area contributed by atoms with Gasteiger partial charge in [0.2, 0.25) is 0 Å². The Balaban J connectivity index is 0.000000815. The average Bonchev–Trinajstić information content (AvgIpc) is 3.30. The third-order valence-electron chi connectivity index (χ3n) is 6.93. The predicted octanol–water partition coefficient (Wildman–Crippen LogP) is 8.04. The van der Waals surface area contributed by atoms with E-state index < -0.39 is 0 Å². The standard InChI is InChI=1S/C26H31N5.2C2H6/c1-15(2)17-12-27-13-18(16(3)4)22(17)23-28-14-21-24(29-23)30(7)25-26(5,6)19-10-8-9-11-20(19)31(21)25;2*1-2/h8-16,25H,1-7H3;2*1-2H3. The molecule has 1 atom stereocenters. The van der Waals surface area contributed by atoms with Crippen LogP contribution in [0.3, 0.4) is 0 Å². The average molecular weight is 474 g/mol. The zero-order chi connectivity index (χ0) is 26.1. The fraction of sp³-hybridized carbons (Fsp3) is 0.500. The lowest BCUT2D eigenvalue weighted by molar-refractivity contribution is 0.441. The van der Waals surface area contributed by atoms with Crippen molar-refractivity contribution in [3.8, 4) is 11.4 Å². The molecule has 0 fully saturated rings. The second-order valence-electron chi connectivity index (χ2n) is 10.00. The Morgan fingerprint density at radius 1 is 0.829 bits per heavy atom. The van der Waals surface area contributed by atoms with Crippen molar-refractivity contribution in [2.45, 2.75) is 92.7 Å². The van der Waals surface area contributed by atoms with Crippen molar-refractivity contribution in [3.05, 3.63) is 59.5 Å². The van der Waals surface area contributed by atoms with E-state index in [-0.39, 0.29) is 11.6 Å². The van der Waals surface area contributed by atoms with Gasteiger partial charge in [-0.1, -0.05) is 87.4 Å². The molecule has 0 aliphatic carbocycles. The van der Waals surface area contributed by atoms with Crippen molar-refractivity contribution < 1.29 is 0 Å². The molecule has 1 unspecified atom stereocenters. The highest BCUT2D eigenvalue weighted by atomic mass is 15.5. The molecule has 2 aromatic heterocycles. The number of hydrogen-bond acceptors (Lipinski definition) is 5. The summed E-state index contributed by atoms with van der Waals surface area (Å²) in [5, 5.41) is 0. The Bertz CT molecular complexity index is 1140. The number of likely N-dealkylation sites (N-methyl/N-ethyl adjacent to an activating group) is 1. The zero-order valence-electron chi connectivity index (χ0n) is 23.5. The molecule has 2 aliphatic heterocycles. The molecule has 3 aromatic rings. The van der Waals surface area contributed by atoms with Crippen LogP contribution in [0.2, 0.25) is 0 Å². The van der Waals surface area contributed by atoms with Crippen molar-refractivity contribution in [2.24, 2.45) is 0 Å². The van der Waals surface area contributed by atoms with Gasteiger partial charge in [0.25, 0.3) is 0 Å². The molecule has 5 nitrogen and oxygen atoms in total. The van der Waals surface area contributed by atoms with Gasteiger partial charge in [-0.2, -0.15) is 0 Å². The minimum atomic E-state index is -0.0188. The van der Waals surface area contributed by atoms with E-state index in [0.717, 1.165) is 22.9 Å². The highest BCUT2D eigenvalue weighted by molar-refractivity contribution is 5.87. The molecular formula is C30H43N5. The number of para-hydroxylation sites is 1. The van der Waals surface area contributed by atoms with E-state index >= 15 is 0 Å². The Morgan fingerprint density at radius 2 is 1.40 bits per heavy atom. The van der Waals surface area contributed by atoms with Crippen LogP contribution in [0.1, 0.15) is 97.8 Å². The second kappa shape index (κ2) is 10.3. The van der Waals surface area contributed by atoms with Crippen LogP contribution in [0.4, 0.5) is 17.2 Å². The van der Waals surface area contributed by atoms with Crippen LogP contribution in [-0.4, -0.2) is 28.2 Å². The number of rotatable bonds is 3. The lowest BCUT2D eigenvalue weighted by Gasteiger charge is -2.34. The Kier molecular flexibility index (Phi) is 7.88. The van der Waals surface area contributed by atoms with Gasteiger partial charge >= 0.3 is 0 Å². The summed E-state index contributed by atoms with van der Waals surface area (Å²) in [7, 11) is 2.16. The summed E-state index contributed by atoms with van der Waals surface area (Å²) >= 11 is 0. The molecule has 5 rings (SSSR count). The first-order valence-corrected chi connectivity index (χ1v) is 13.2. The molecule has 0 saturated carbocycles. The summed E-state index contributed by atoms with van der Waals surface area (Å²) in [4.78, 5) is 19.3. The minimum absolute atomic E-state index is 0.0188. The number of fused-ring (bicyclic) bond motifs is 5. The summed E-state index contributed by atoms with van der Waals surface area (Å²) in [5.74, 6) is 2.50. The predicted molar refractivity (Wildman–Crippen MR) is 150 cm³/mol. The van der Waals surface area contributed by atoms with E-state index in [9.17, 15) is 0 Å². The third-order valence-corrected chi connectivity index (χ3v) is 6.93. The molecule has 0 N–H and O–H groups in total. The number of benzene rings is 1. The van der Waals surface area contributed by atoms with Crippen LogP contribution in [0.25, 0.3) is 11.4 Å². The first-order valence-electron chi connectivity index (χ1n) is 13.2. The van der Waals surface area contributed by atoms with Gasteiger partial charge in [0, 0.05) is 36.1 Å². The van der Waals surface area contributed by atoms with E-state index in [2.05, 4.69) is 87.6 Å². The maximum atomic E-state index is 5.16. The van der Waals surface area contributed by atoms with Gasteiger partial charge in [-0.3, -0.25) is 4.98 Å². The van der Waals surface area contributed by atoms with Gasteiger partial charge in [-0.05, 0) is 34.6 Å². The molecule has 5 heteroatoms. The van der Waals surface area contributed by atoms with Gasteiger partial charge in [-0.25, -0.2) is 9.97 Å². The van der Waals surface area contributed by atoms with E-state index in [0.29, 0.717) is 11.8 Å². The summed E-state index contributed by atoms with van der Waals surface area (Å²) in [6.45, 7) is 21.5. The third kappa shape index (κ3) is 4.19. The van der Waals surface area contributed by atoms with Gasteiger partial charge in [0.1, 0.15) is 11.9 Å². The molecule has 0 saturated heterocycles. The highest BCUT2D eigenvalue weighted by Gasteiger charge is 2.52. The minimum Gasteiger partial charge on any atom is -0.336 e. The first kappa shape index (κ1) is 26.7. The zero-order valence-corrected chi connectivity index (χ0v) is 23.5. The fourth-order valence-electron chi connectivity index (χ4n) is 5.40. The lowest BCUT2D eigenvalue weighted by Crippen LogP contribution is -2.46. The van der Waals surface area contributed by atoms with Crippen LogP contribution < -0.4 is 9.80 Å². The van der Waals surface area contributed by atoms with Crippen LogP contribution in [0, 0.1) is 0 Å². The van der Waals surface area contributed by atoms with Crippen molar-refractivity contribution in [2.75, 3.05) is 16.8 Å². The monoisotopic (exact) mass is 473 g/mol. The summed E-state index contributed by atoms with van der Waals surface area (Å²) in [6.07, 6.45) is 6.16. The van der Waals surface area contributed by atoms with Crippen LogP contribution >= 0.6 is 0 Å². The molecular weight excluding hydrogens is 430 g/mol. The SMILES string of the molecule is CC.CC.CC(C)c1cncc(C(C)C)c1-c1ncc2c(n1)N(C)C1N2c2ccccc2C1(C)C. The second-order valence-corrected chi connectivity index (χ2v) is 10.00. The molecule has 188 valence electrons.